The van der Waals surface area contributed by atoms with Crippen LogP contribution in [0, 0.1) is 6.92 Å². The van der Waals surface area contributed by atoms with Crippen molar-refractivity contribution in [2.75, 3.05) is 11.9 Å². The fraction of sp³-hybridized carbons (Fsp3) is 0.500. The lowest BCUT2D eigenvalue weighted by atomic mass is 10.3. The van der Waals surface area contributed by atoms with Gasteiger partial charge in [-0.2, -0.15) is 0 Å². The molecule has 0 fully saturated rings. The smallest absolute Gasteiger partial charge is 0.225 e. The topological polar surface area (TPSA) is 54.0 Å². The fourth-order valence-electron chi connectivity index (χ4n) is 1.24. The number of carbonyl (C=O) groups excluding carboxylic acids is 1. The molecule has 1 aromatic rings. The molecule has 0 bridgehead atoms. The largest absolute Gasteiger partial charge is 0.325 e. The van der Waals surface area contributed by atoms with Crippen molar-refractivity contribution in [1.82, 2.24) is 10.3 Å². The second-order valence-electron chi connectivity index (χ2n) is 4.10. The van der Waals surface area contributed by atoms with E-state index in [9.17, 15) is 4.79 Å². The molecule has 1 aromatic heterocycles. The second kappa shape index (κ2) is 6.23. The van der Waals surface area contributed by atoms with E-state index in [1.807, 2.05) is 19.1 Å². The highest BCUT2D eigenvalue weighted by Crippen LogP contribution is 2.05. The minimum atomic E-state index is 0.0128. The molecule has 2 N–H and O–H groups in total. The average molecular weight is 221 g/mol. The molecule has 1 heterocycles. The highest BCUT2D eigenvalue weighted by atomic mass is 16.1. The molecule has 0 aliphatic rings. The fourth-order valence-corrected chi connectivity index (χ4v) is 1.24. The molecular formula is C12H19N3O. The third-order valence-electron chi connectivity index (χ3n) is 2.10. The number of aromatic nitrogens is 1. The van der Waals surface area contributed by atoms with Crippen molar-refractivity contribution >= 4 is 11.6 Å². The van der Waals surface area contributed by atoms with Crippen LogP contribution in [0.1, 0.15) is 26.0 Å². The Hall–Kier alpha value is -1.42. The zero-order chi connectivity index (χ0) is 12.0. The first-order valence-corrected chi connectivity index (χ1v) is 5.54. The van der Waals surface area contributed by atoms with Crippen LogP contribution in [0.5, 0.6) is 0 Å². The lowest BCUT2D eigenvalue weighted by Crippen LogP contribution is -2.27. The zero-order valence-electron chi connectivity index (χ0n) is 10.1. The van der Waals surface area contributed by atoms with Crippen LogP contribution >= 0.6 is 0 Å². The molecule has 88 valence electrons. The summed E-state index contributed by atoms with van der Waals surface area (Å²) in [6.07, 6.45) is 2.15. The monoisotopic (exact) mass is 221 g/mol. The van der Waals surface area contributed by atoms with Crippen molar-refractivity contribution in [1.29, 1.82) is 0 Å². The van der Waals surface area contributed by atoms with E-state index in [1.165, 1.54) is 0 Å². The summed E-state index contributed by atoms with van der Waals surface area (Å²) in [4.78, 5) is 15.6. The first-order chi connectivity index (χ1) is 7.58. The van der Waals surface area contributed by atoms with E-state index in [-0.39, 0.29) is 5.91 Å². The molecule has 0 unspecified atom stereocenters. The molecule has 16 heavy (non-hydrogen) atoms. The summed E-state index contributed by atoms with van der Waals surface area (Å²) in [5, 5.41) is 6.00. The molecule has 0 spiro atoms. The molecule has 0 aliphatic heterocycles. The number of carbonyl (C=O) groups is 1. The van der Waals surface area contributed by atoms with Crippen LogP contribution in [0.2, 0.25) is 0 Å². The van der Waals surface area contributed by atoms with Crippen LogP contribution in [0.3, 0.4) is 0 Å². The lowest BCUT2D eigenvalue weighted by Gasteiger charge is -2.08. The number of nitrogens with zero attached hydrogens (tertiary/aromatic N) is 1. The van der Waals surface area contributed by atoms with E-state index in [2.05, 4.69) is 29.5 Å². The van der Waals surface area contributed by atoms with Gasteiger partial charge in [0.05, 0.1) is 11.9 Å². The molecule has 4 heteroatoms. The zero-order valence-corrected chi connectivity index (χ0v) is 10.1. The quantitative estimate of drug-likeness (QED) is 0.796. The van der Waals surface area contributed by atoms with E-state index in [4.69, 9.17) is 0 Å². The Bertz CT molecular complexity index is 333. The summed E-state index contributed by atoms with van der Waals surface area (Å²) in [5.74, 6) is 0.0128. The molecule has 1 amide bonds. The predicted octanol–water partition coefficient (Wildman–Crippen LogP) is 1.72. The standard InChI is InChI=1S/C12H19N3O/c1-9(2)13-7-6-12(16)15-11-5-4-10(3)14-8-11/h4-5,8-9,13H,6-7H2,1-3H3,(H,15,16). The van der Waals surface area contributed by atoms with Gasteiger partial charge in [-0.15, -0.1) is 0 Å². The molecule has 0 atom stereocenters. The van der Waals surface area contributed by atoms with E-state index >= 15 is 0 Å². The van der Waals surface area contributed by atoms with Crippen LogP contribution in [-0.4, -0.2) is 23.5 Å². The van der Waals surface area contributed by atoms with E-state index in [0.29, 0.717) is 19.0 Å². The Morgan fingerprint density at radius 2 is 2.19 bits per heavy atom. The number of aryl methyl sites for hydroxylation is 1. The first kappa shape index (κ1) is 12.6. The number of anilines is 1. The lowest BCUT2D eigenvalue weighted by molar-refractivity contribution is -0.116. The van der Waals surface area contributed by atoms with Crippen LogP contribution in [0.15, 0.2) is 18.3 Å². The highest BCUT2D eigenvalue weighted by Gasteiger charge is 2.02. The molecule has 0 radical (unpaired) electrons. The van der Waals surface area contributed by atoms with Gasteiger partial charge in [-0.1, -0.05) is 13.8 Å². The number of amides is 1. The molecular weight excluding hydrogens is 202 g/mol. The Morgan fingerprint density at radius 3 is 2.75 bits per heavy atom. The Labute approximate surface area is 96.5 Å². The summed E-state index contributed by atoms with van der Waals surface area (Å²) < 4.78 is 0. The van der Waals surface area contributed by atoms with Crippen molar-refractivity contribution in [3.8, 4) is 0 Å². The van der Waals surface area contributed by atoms with Gasteiger partial charge >= 0.3 is 0 Å². The molecule has 4 nitrogen and oxygen atoms in total. The van der Waals surface area contributed by atoms with Gasteiger partial charge in [0.1, 0.15) is 0 Å². The molecule has 0 aromatic carbocycles. The van der Waals surface area contributed by atoms with Gasteiger partial charge in [0.15, 0.2) is 0 Å². The summed E-state index contributed by atoms with van der Waals surface area (Å²) in [6, 6.07) is 4.15. The van der Waals surface area contributed by atoms with E-state index in [1.54, 1.807) is 6.20 Å². The molecule has 0 saturated heterocycles. The van der Waals surface area contributed by atoms with Gasteiger partial charge in [0.2, 0.25) is 5.91 Å². The van der Waals surface area contributed by atoms with Crippen LogP contribution in [-0.2, 0) is 4.79 Å². The summed E-state index contributed by atoms with van der Waals surface area (Å²) in [6.45, 7) is 6.73. The van der Waals surface area contributed by atoms with Crippen molar-refractivity contribution in [3.05, 3.63) is 24.0 Å². The molecule has 1 rings (SSSR count). The third kappa shape index (κ3) is 4.89. The van der Waals surface area contributed by atoms with E-state index < -0.39 is 0 Å². The maximum Gasteiger partial charge on any atom is 0.225 e. The van der Waals surface area contributed by atoms with Gasteiger partial charge in [-0.3, -0.25) is 9.78 Å². The molecule has 0 saturated carbocycles. The number of hydrogen-bond acceptors (Lipinski definition) is 3. The average Bonchev–Trinajstić information content (AvgIpc) is 2.21. The maximum atomic E-state index is 11.5. The number of rotatable bonds is 5. The van der Waals surface area contributed by atoms with Crippen LogP contribution < -0.4 is 10.6 Å². The van der Waals surface area contributed by atoms with Crippen molar-refractivity contribution in [2.45, 2.75) is 33.2 Å². The number of pyridine rings is 1. The maximum absolute atomic E-state index is 11.5. The van der Waals surface area contributed by atoms with Gasteiger partial charge in [-0.25, -0.2) is 0 Å². The highest BCUT2D eigenvalue weighted by molar-refractivity contribution is 5.90. The second-order valence-corrected chi connectivity index (χ2v) is 4.10. The minimum absolute atomic E-state index is 0.0128. The Morgan fingerprint density at radius 1 is 1.44 bits per heavy atom. The summed E-state index contributed by atoms with van der Waals surface area (Å²) in [7, 11) is 0. The van der Waals surface area contributed by atoms with Gasteiger partial charge in [-0.05, 0) is 19.1 Å². The summed E-state index contributed by atoms with van der Waals surface area (Å²) >= 11 is 0. The van der Waals surface area contributed by atoms with Crippen molar-refractivity contribution in [3.63, 3.8) is 0 Å². The summed E-state index contributed by atoms with van der Waals surface area (Å²) in [5.41, 5.74) is 1.69. The molecule has 0 aliphatic carbocycles. The van der Waals surface area contributed by atoms with Crippen LogP contribution in [0.4, 0.5) is 5.69 Å². The third-order valence-corrected chi connectivity index (χ3v) is 2.10. The van der Waals surface area contributed by atoms with Gasteiger partial charge in [0, 0.05) is 24.7 Å². The van der Waals surface area contributed by atoms with Gasteiger partial charge in [0.25, 0.3) is 0 Å². The minimum Gasteiger partial charge on any atom is -0.325 e. The van der Waals surface area contributed by atoms with Crippen molar-refractivity contribution in [2.24, 2.45) is 0 Å². The number of hydrogen-bond donors (Lipinski definition) is 2. The van der Waals surface area contributed by atoms with Crippen LogP contribution in [0.25, 0.3) is 0 Å². The first-order valence-electron chi connectivity index (χ1n) is 5.54. The SMILES string of the molecule is Cc1ccc(NC(=O)CCNC(C)C)cn1. The van der Waals surface area contributed by atoms with E-state index in [0.717, 1.165) is 11.4 Å². The number of nitrogens with one attached hydrogen (secondary N) is 2. The Kier molecular flexibility index (Phi) is 4.92. The predicted molar refractivity (Wildman–Crippen MR) is 65.4 cm³/mol. The van der Waals surface area contributed by atoms with Gasteiger partial charge < -0.3 is 10.6 Å². The van der Waals surface area contributed by atoms with Crippen molar-refractivity contribution < 1.29 is 4.79 Å². The Balaban J connectivity index is 2.31. The normalized spacial score (nSPS) is 10.5.